The van der Waals surface area contributed by atoms with Crippen LogP contribution in [0.4, 0.5) is 0 Å². The zero-order valence-electron chi connectivity index (χ0n) is 11.5. The molecule has 1 aromatic rings. The minimum absolute atomic E-state index is 0.336. The van der Waals surface area contributed by atoms with Crippen molar-refractivity contribution in [1.82, 2.24) is 0 Å². The zero-order chi connectivity index (χ0) is 13.7. The smallest absolute Gasteiger partial charge is 0.164 e. The van der Waals surface area contributed by atoms with E-state index in [1.807, 2.05) is 12.1 Å². The van der Waals surface area contributed by atoms with Crippen LogP contribution in [0, 0.1) is 0 Å². The molecule has 0 atom stereocenters. The molecule has 0 radical (unpaired) electrons. The van der Waals surface area contributed by atoms with Crippen molar-refractivity contribution in [2.45, 2.75) is 44.6 Å². The van der Waals surface area contributed by atoms with E-state index in [-0.39, 0.29) is 0 Å². The first-order chi connectivity index (χ1) is 9.24. The highest BCUT2D eigenvalue weighted by molar-refractivity contribution is 6.30. The lowest BCUT2D eigenvalue weighted by molar-refractivity contribution is 0.114. The number of aryl methyl sites for hydroxylation is 1. The van der Waals surface area contributed by atoms with Gasteiger partial charge in [0.1, 0.15) is 0 Å². The van der Waals surface area contributed by atoms with Crippen LogP contribution in [0.1, 0.15) is 37.7 Å². The third-order valence-electron chi connectivity index (χ3n) is 3.55. The summed E-state index contributed by atoms with van der Waals surface area (Å²) in [5, 5.41) is 0.695. The number of methoxy groups -OCH3 is 1. The van der Waals surface area contributed by atoms with Crippen molar-refractivity contribution in [2.24, 2.45) is 5.73 Å². The second-order valence-corrected chi connectivity index (χ2v) is 5.45. The summed E-state index contributed by atoms with van der Waals surface area (Å²) in [6.45, 7) is 0.719. The van der Waals surface area contributed by atoms with Crippen molar-refractivity contribution in [1.29, 1.82) is 0 Å². The predicted octanol–water partition coefficient (Wildman–Crippen LogP) is 3.56. The van der Waals surface area contributed by atoms with Crippen molar-refractivity contribution in [3.63, 3.8) is 0 Å². The number of ether oxygens (including phenoxy) is 2. The van der Waals surface area contributed by atoms with Gasteiger partial charge in [-0.25, -0.2) is 0 Å². The van der Waals surface area contributed by atoms with Crippen LogP contribution in [-0.4, -0.2) is 19.8 Å². The second kappa shape index (κ2) is 7.01. The molecule has 2 N–H and O–H groups in total. The Morgan fingerprint density at radius 1 is 1.32 bits per heavy atom. The van der Waals surface area contributed by atoms with E-state index < -0.39 is 0 Å². The number of hydrogen-bond donors (Lipinski definition) is 1. The molecule has 2 rings (SSSR count). The number of rotatable bonds is 7. The van der Waals surface area contributed by atoms with Gasteiger partial charge >= 0.3 is 0 Å². The molecule has 19 heavy (non-hydrogen) atoms. The zero-order valence-corrected chi connectivity index (χ0v) is 12.2. The van der Waals surface area contributed by atoms with E-state index in [4.69, 9.17) is 26.8 Å². The first kappa shape index (κ1) is 14.5. The lowest BCUT2D eigenvalue weighted by Gasteiger charge is -2.28. The number of hydrogen-bond acceptors (Lipinski definition) is 3. The Bertz CT molecular complexity index is 419. The van der Waals surface area contributed by atoms with Gasteiger partial charge in [-0.1, -0.05) is 11.6 Å². The van der Waals surface area contributed by atoms with E-state index in [9.17, 15) is 0 Å². The van der Waals surface area contributed by atoms with Gasteiger partial charge in [-0.05, 0) is 56.7 Å². The predicted molar refractivity (Wildman–Crippen MR) is 78.3 cm³/mol. The molecule has 1 aliphatic carbocycles. The van der Waals surface area contributed by atoms with Crippen molar-refractivity contribution in [3.05, 3.63) is 22.7 Å². The molecule has 0 aromatic heterocycles. The average molecular weight is 284 g/mol. The van der Waals surface area contributed by atoms with Gasteiger partial charge in [0.05, 0.1) is 13.2 Å². The molecule has 106 valence electrons. The van der Waals surface area contributed by atoms with Crippen LogP contribution >= 0.6 is 11.6 Å². The Labute approximate surface area is 120 Å². The molecule has 1 aliphatic rings. The van der Waals surface area contributed by atoms with Gasteiger partial charge in [-0.2, -0.15) is 0 Å². The lowest BCUT2D eigenvalue weighted by atomic mass is 9.96. The standard InChI is InChI=1S/C15H22ClNO2/c1-18-14-10-12(16)9-11(5-2-3-8-17)15(14)19-13-6-4-7-13/h9-10,13H,2-8,17H2,1H3. The maximum Gasteiger partial charge on any atom is 0.164 e. The molecule has 0 amide bonds. The summed E-state index contributed by atoms with van der Waals surface area (Å²) in [4.78, 5) is 0. The Kier molecular flexibility index (Phi) is 5.34. The minimum atomic E-state index is 0.336. The Hall–Kier alpha value is -0.930. The van der Waals surface area contributed by atoms with E-state index in [2.05, 4.69) is 0 Å². The average Bonchev–Trinajstić information content (AvgIpc) is 2.35. The molecule has 0 saturated heterocycles. The minimum Gasteiger partial charge on any atom is -0.493 e. The molecule has 1 aromatic carbocycles. The summed E-state index contributed by atoms with van der Waals surface area (Å²) in [6, 6.07) is 3.80. The highest BCUT2D eigenvalue weighted by atomic mass is 35.5. The fourth-order valence-electron chi connectivity index (χ4n) is 2.21. The molecule has 1 fully saturated rings. The highest BCUT2D eigenvalue weighted by Gasteiger charge is 2.22. The first-order valence-corrected chi connectivity index (χ1v) is 7.35. The van der Waals surface area contributed by atoms with Gasteiger partial charge in [-0.3, -0.25) is 0 Å². The van der Waals surface area contributed by atoms with E-state index in [0.717, 1.165) is 55.7 Å². The topological polar surface area (TPSA) is 44.5 Å². The Morgan fingerprint density at radius 3 is 2.68 bits per heavy atom. The third-order valence-corrected chi connectivity index (χ3v) is 3.77. The number of halogens is 1. The van der Waals surface area contributed by atoms with Gasteiger partial charge in [0.15, 0.2) is 11.5 Å². The maximum absolute atomic E-state index is 6.14. The molecular formula is C15H22ClNO2. The van der Waals surface area contributed by atoms with Crippen LogP contribution in [0.25, 0.3) is 0 Å². The molecule has 3 nitrogen and oxygen atoms in total. The van der Waals surface area contributed by atoms with E-state index in [1.165, 1.54) is 6.42 Å². The quantitative estimate of drug-likeness (QED) is 0.778. The Morgan fingerprint density at radius 2 is 2.11 bits per heavy atom. The molecular weight excluding hydrogens is 262 g/mol. The van der Waals surface area contributed by atoms with Crippen LogP contribution in [0.5, 0.6) is 11.5 Å². The van der Waals surface area contributed by atoms with Crippen molar-refractivity contribution in [2.75, 3.05) is 13.7 Å². The fraction of sp³-hybridized carbons (Fsp3) is 0.600. The van der Waals surface area contributed by atoms with Crippen LogP contribution in [0.3, 0.4) is 0 Å². The van der Waals surface area contributed by atoms with Crippen molar-refractivity contribution < 1.29 is 9.47 Å². The molecule has 4 heteroatoms. The second-order valence-electron chi connectivity index (χ2n) is 5.01. The molecule has 0 aliphatic heterocycles. The molecule has 0 spiro atoms. The van der Waals surface area contributed by atoms with Gasteiger partial charge < -0.3 is 15.2 Å². The van der Waals surface area contributed by atoms with Crippen LogP contribution < -0.4 is 15.2 Å². The summed E-state index contributed by atoms with van der Waals surface area (Å²) >= 11 is 6.14. The number of unbranched alkanes of at least 4 members (excludes halogenated alkanes) is 1. The summed E-state index contributed by atoms with van der Waals surface area (Å²) in [5.41, 5.74) is 6.68. The maximum atomic E-state index is 6.14. The van der Waals surface area contributed by atoms with Gasteiger partial charge in [-0.15, -0.1) is 0 Å². The molecule has 0 unspecified atom stereocenters. The summed E-state index contributed by atoms with van der Waals surface area (Å²) < 4.78 is 11.5. The Balaban J connectivity index is 2.18. The van der Waals surface area contributed by atoms with E-state index in [1.54, 1.807) is 7.11 Å². The van der Waals surface area contributed by atoms with Crippen LogP contribution in [0.2, 0.25) is 5.02 Å². The normalized spacial score (nSPS) is 15.1. The van der Waals surface area contributed by atoms with Crippen LogP contribution in [-0.2, 0) is 6.42 Å². The third kappa shape index (κ3) is 3.77. The molecule has 0 bridgehead atoms. The molecule has 0 heterocycles. The number of nitrogens with two attached hydrogens (primary N) is 1. The summed E-state index contributed by atoms with van der Waals surface area (Å²) in [6.07, 6.45) is 6.84. The lowest BCUT2D eigenvalue weighted by Crippen LogP contribution is -2.25. The highest BCUT2D eigenvalue weighted by Crippen LogP contribution is 2.38. The summed E-state index contributed by atoms with van der Waals surface area (Å²) in [5.74, 6) is 1.61. The van der Waals surface area contributed by atoms with E-state index >= 15 is 0 Å². The fourth-order valence-corrected chi connectivity index (χ4v) is 2.44. The summed E-state index contributed by atoms with van der Waals surface area (Å²) in [7, 11) is 1.66. The first-order valence-electron chi connectivity index (χ1n) is 6.97. The molecule has 1 saturated carbocycles. The number of benzene rings is 1. The SMILES string of the molecule is COc1cc(Cl)cc(CCCCN)c1OC1CCC1. The van der Waals surface area contributed by atoms with E-state index in [0.29, 0.717) is 11.1 Å². The van der Waals surface area contributed by atoms with Gasteiger partial charge in [0.25, 0.3) is 0 Å². The van der Waals surface area contributed by atoms with Gasteiger partial charge in [0.2, 0.25) is 0 Å². The monoisotopic (exact) mass is 283 g/mol. The van der Waals surface area contributed by atoms with Gasteiger partial charge in [0, 0.05) is 11.1 Å². The van der Waals surface area contributed by atoms with Crippen molar-refractivity contribution >= 4 is 11.6 Å². The van der Waals surface area contributed by atoms with Crippen molar-refractivity contribution in [3.8, 4) is 11.5 Å². The largest absolute Gasteiger partial charge is 0.493 e. The van der Waals surface area contributed by atoms with Crippen LogP contribution in [0.15, 0.2) is 12.1 Å².